The quantitative estimate of drug-likeness (QED) is 0.0681. The number of fused-ring (bicyclic) bond motifs is 9. The fraction of sp³-hybridized carbons (Fsp3) is 0.0732. The predicted molar refractivity (Wildman–Crippen MR) is 394 cm³/mol. The Morgan fingerprint density at radius 2 is 0.420 bits per heavy atom. The molecule has 0 saturated carbocycles. The van der Waals surface area contributed by atoms with Crippen molar-refractivity contribution in [3.05, 3.63) is 225 Å². The Labute approximate surface area is 552 Å². The minimum atomic E-state index is -0.611. The molecule has 4 amide bonds. The van der Waals surface area contributed by atoms with Crippen molar-refractivity contribution >= 4 is 240 Å². The molecule has 17 aromatic carbocycles. The lowest BCUT2D eigenvalue weighted by Gasteiger charge is -2.28. The van der Waals surface area contributed by atoms with Crippen LogP contribution in [-0.2, 0) is 28.2 Å². The average molecular weight is 1300 g/mol. The number of carbonyl (C=O) groups excluding carboxylic acids is 4. The van der Waals surface area contributed by atoms with Crippen LogP contribution in [0.15, 0.2) is 148 Å². The third-order valence-electron chi connectivity index (χ3n) is 23.6. The Kier molecular flexibility index (Phi) is 8.86. The maximum Gasteiger partial charge on any atom is 0.261 e. The van der Waals surface area contributed by atoms with Gasteiger partial charge in [-0.25, -0.2) is 0 Å². The van der Waals surface area contributed by atoms with Crippen LogP contribution in [0.1, 0.15) is 52.6 Å². The van der Waals surface area contributed by atoms with Crippen LogP contribution in [-0.4, -0.2) is 65.8 Å². The minimum Gasteiger partial charge on any atom is -0.277 e. The van der Waals surface area contributed by atoms with Crippen molar-refractivity contribution in [3.8, 4) is 0 Å². The topological polar surface area (TPSA) is 231 Å². The Hall–Kier alpha value is -13.5. The number of nitrogens with zero attached hydrogens (tertiary/aromatic N) is 6. The average Bonchev–Trinajstić information content (AvgIpc) is 0.654. The monoisotopic (exact) mass is 1300 g/mol. The number of hydrogen-bond donors (Lipinski definition) is 0. The Morgan fingerprint density at radius 3 is 0.840 bits per heavy atom. The molecule has 2 aliphatic rings. The van der Waals surface area contributed by atoms with Gasteiger partial charge < -0.3 is 0 Å². The Morgan fingerprint density at radius 1 is 0.190 bits per heavy atom. The minimum absolute atomic E-state index is 0.168. The van der Waals surface area contributed by atoms with Gasteiger partial charge >= 0.3 is 0 Å². The summed E-state index contributed by atoms with van der Waals surface area (Å²) in [6, 6.07) is 31.9. The van der Waals surface area contributed by atoms with Crippen LogP contribution in [0.3, 0.4) is 0 Å². The zero-order chi connectivity index (χ0) is 67.9. The first-order valence-corrected chi connectivity index (χ1v) is 32.4. The highest BCUT2D eigenvalue weighted by molar-refractivity contribution is 6.57. The fourth-order valence-electron chi connectivity index (χ4n) is 19.2. The van der Waals surface area contributed by atoms with Gasteiger partial charge in [-0.2, -0.15) is 0 Å². The van der Waals surface area contributed by atoms with Crippen LogP contribution in [0.4, 0.5) is 0 Å². The van der Waals surface area contributed by atoms with Gasteiger partial charge in [0, 0.05) is 145 Å². The van der Waals surface area contributed by atoms with E-state index in [-0.39, 0.29) is 37.9 Å². The molecule has 0 atom stereocenters. The Balaban J connectivity index is 0.973. The van der Waals surface area contributed by atoms with Crippen LogP contribution in [0.25, 0.3) is 217 Å². The molecule has 468 valence electrons. The molecule has 0 unspecified atom stereocenters. The number of amides is 4. The molecule has 0 bridgehead atoms. The second-order valence-corrected chi connectivity index (χ2v) is 27.7. The molecule has 0 N–H and O–H groups in total. The first-order valence-electron chi connectivity index (χ1n) is 32.4. The van der Waals surface area contributed by atoms with Crippen molar-refractivity contribution in [2.75, 3.05) is 14.1 Å². The van der Waals surface area contributed by atoms with Gasteiger partial charge in [0.05, 0.1) is 0 Å². The summed E-state index contributed by atoms with van der Waals surface area (Å²) in [6.45, 7) is 0. The molecular formula is C82H38N6O12. The highest BCUT2D eigenvalue weighted by Gasteiger charge is 2.38. The molecule has 4 aromatic heterocycles. The normalized spacial score (nSPS) is 14.4. The van der Waals surface area contributed by atoms with E-state index in [0.717, 1.165) is 28.1 Å². The predicted octanol–water partition coefficient (Wildman–Crippen LogP) is 11.4. The summed E-state index contributed by atoms with van der Waals surface area (Å²) in [5.74, 6) is -1.99. The highest BCUT2D eigenvalue weighted by Crippen LogP contribution is 2.58. The fourth-order valence-corrected chi connectivity index (χ4v) is 19.2. The lowest BCUT2D eigenvalue weighted by Crippen LogP contribution is -2.37. The molecule has 0 saturated heterocycles. The van der Waals surface area contributed by atoms with E-state index in [9.17, 15) is 33.6 Å². The van der Waals surface area contributed by atoms with Crippen molar-refractivity contribution in [3.63, 3.8) is 0 Å². The maximum atomic E-state index is 15.5. The van der Waals surface area contributed by atoms with E-state index in [1.807, 2.05) is 48.6 Å². The number of aromatic nitrogens is 4. The van der Waals surface area contributed by atoms with Crippen LogP contribution < -0.4 is 44.5 Å². The zero-order valence-corrected chi connectivity index (χ0v) is 53.1. The summed E-state index contributed by atoms with van der Waals surface area (Å²) in [5.41, 5.74) is -2.36. The molecule has 0 radical (unpaired) electrons. The van der Waals surface area contributed by atoms with Crippen molar-refractivity contribution in [1.82, 2.24) is 28.1 Å². The summed E-state index contributed by atoms with van der Waals surface area (Å²) in [7, 11) is 8.59. The molecule has 18 nitrogen and oxygen atoms in total. The molecule has 0 fully saturated rings. The summed E-state index contributed by atoms with van der Waals surface area (Å²) < 4.78 is 4.32. The third-order valence-corrected chi connectivity index (χ3v) is 23.6. The van der Waals surface area contributed by atoms with Crippen molar-refractivity contribution in [2.24, 2.45) is 28.2 Å². The summed E-state index contributed by atoms with van der Waals surface area (Å²) in [5, 5.41) is 18.0. The molecular weight excluding hydrogens is 1260 g/mol. The maximum absolute atomic E-state index is 15.5. The van der Waals surface area contributed by atoms with Crippen LogP contribution in [0.2, 0.25) is 0 Å². The highest BCUT2D eigenvalue weighted by atomic mass is 16.2. The van der Waals surface area contributed by atoms with E-state index >= 15 is 24.0 Å². The van der Waals surface area contributed by atoms with Crippen molar-refractivity contribution in [2.45, 2.75) is 0 Å². The number of rotatable bonds is 2. The summed E-state index contributed by atoms with van der Waals surface area (Å²) >= 11 is 0. The molecule has 23 rings (SSSR count). The van der Waals surface area contributed by atoms with Gasteiger partial charge in [0.2, 0.25) is 0 Å². The molecule has 18 heteroatoms. The van der Waals surface area contributed by atoms with Crippen LogP contribution >= 0.6 is 0 Å². The van der Waals surface area contributed by atoms with E-state index in [0.29, 0.717) is 200 Å². The van der Waals surface area contributed by atoms with Gasteiger partial charge in [0.15, 0.2) is 0 Å². The van der Waals surface area contributed by atoms with Gasteiger partial charge in [0.25, 0.3) is 68.1 Å². The molecule has 100 heavy (non-hydrogen) atoms. The van der Waals surface area contributed by atoms with E-state index in [2.05, 4.69) is 0 Å². The lowest BCUT2D eigenvalue weighted by atomic mass is 9.76. The van der Waals surface area contributed by atoms with Gasteiger partial charge in [0.1, 0.15) is 0 Å². The van der Waals surface area contributed by atoms with E-state index in [1.54, 1.807) is 72.8 Å². The number of hydrogen-bond acceptors (Lipinski definition) is 12. The standard InChI is InChI=1S/C82H38N6O12/c1-83-71(89)35-15-9-29-30-10-16-37-55-45(77(95)84(2)73(37)91)21-27(51(62(30)55)33-13-19-36(72(83)90)54(35)53(29)33)7-8-28-22-46-61-50(82(100)88(6)78(46)96)26-44-60-42-24-48-57-39(75(93)86(4)80(48)98)18-12-32-31-11-17-38-56-47(79(97)85(3)74(38)92)23-41(66(63(31)56)67(42)64(32)57)59(60)43-25-49-58-40(76(94)87(5)81(49)99)20-14-34-52(28)70(61)69(44)68(43)65(34)58/h7-26H,1-6H3/b8-7+. The number of pyridine rings is 4. The molecule has 2 aliphatic heterocycles. The van der Waals surface area contributed by atoms with Gasteiger partial charge in [-0.3, -0.25) is 85.6 Å². The van der Waals surface area contributed by atoms with Crippen molar-refractivity contribution in [1.29, 1.82) is 0 Å². The summed E-state index contributed by atoms with van der Waals surface area (Å²) in [4.78, 5) is 179. The second kappa shape index (κ2) is 16.5. The van der Waals surface area contributed by atoms with Crippen LogP contribution in [0, 0.1) is 0 Å². The second-order valence-electron chi connectivity index (χ2n) is 27.7. The molecule has 0 aliphatic carbocycles. The Bertz CT molecular complexity index is 8430. The molecule has 0 spiro atoms. The number of imide groups is 2. The zero-order valence-electron chi connectivity index (χ0n) is 53.1. The third kappa shape index (κ3) is 5.43. The van der Waals surface area contributed by atoms with Gasteiger partial charge in [-0.05, 0) is 208 Å². The van der Waals surface area contributed by atoms with E-state index < -0.39 is 68.1 Å². The molecule has 6 heterocycles. The largest absolute Gasteiger partial charge is 0.277 e. The SMILES string of the molecule is CN1C(=O)c2ccc3c4ccc5c6c(cc(/C=C/c7cc8c(=O)n(C)c(=O)c9cc%10c%11c%12cc%13c(=O)n(C)c(=O)c%14ccc%15c%16ccc%17c(=O)n(C)c(=O)c%18cc(c%11c%11cc%19c(=O)n(C)c(=O)c%20ccc%21c7c(c89)c%10c%11c%21c%20%19)c(c%16c%17%18)c%12c%15c%14%13)c(c7ccc(c2c37)C1=O)c64)C(=O)N(C)C5=O. The van der Waals surface area contributed by atoms with E-state index in [1.165, 1.54) is 42.3 Å². The van der Waals surface area contributed by atoms with Gasteiger partial charge in [-0.1, -0.05) is 48.6 Å². The first-order chi connectivity index (χ1) is 48.2. The lowest BCUT2D eigenvalue weighted by molar-refractivity contribution is 0.0635. The number of carbonyl (C=O) groups is 4. The van der Waals surface area contributed by atoms with E-state index in [4.69, 9.17) is 0 Å². The smallest absolute Gasteiger partial charge is 0.261 e. The first kappa shape index (κ1) is 53.7. The van der Waals surface area contributed by atoms with Crippen molar-refractivity contribution < 1.29 is 19.2 Å². The van der Waals surface area contributed by atoms with Crippen LogP contribution in [0.5, 0.6) is 0 Å². The molecule has 21 aromatic rings. The summed E-state index contributed by atoms with van der Waals surface area (Å²) in [6.07, 6.45) is 3.68. The van der Waals surface area contributed by atoms with Gasteiger partial charge in [-0.15, -0.1) is 0 Å². The number of benzene rings is 17.